The second-order valence-corrected chi connectivity index (χ2v) is 14.7. The number of halogens is 1. The van der Waals surface area contributed by atoms with Crippen LogP contribution in [0, 0.1) is 34.0 Å². The molecule has 34 heavy (non-hydrogen) atoms. The SMILES string of the molecule is CC[C@@H](O)CC[C@]1(C)C2=C(CCC1C)[C@]1(C)CCC([C@H](C)C(O)CC(Br)C(C)(C)O)[C@@]1(C)CC2. The van der Waals surface area contributed by atoms with Gasteiger partial charge >= 0.3 is 0 Å². The molecule has 1 fully saturated rings. The van der Waals surface area contributed by atoms with Crippen LogP contribution in [0.2, 0.25) is 0 Å². The highest BCUT2D eigenvalue weighted by Crippen LogP contribution is 2.70. The first kappa shape index (κ1) is 28.7. The standard InChI is InChI=1S/C30H53BrO3/c1-9-21(32)12-15-28(6)19(2)10-11-24-23(28)14-17-29(7)22(13-16-30(24,29)8)20(3)25(33)18-26(31)27(4,5)34/h19-22,25-26,32-34H,9-18H2,1-8H3/t19?,20-,21+,22?,25?,26?,28-,29+,30-/m0/s1. The molecule has 0 aromatic carbocycles. The molecule has 3 N–H and O–H groups in total. The third-order valence-corrected chi connectivity index (χ3v) is 13.0. The van der Waals surface area contributed by atoms with Crippen molar-refractivity contribution in [1.82, 2.24) is 0 Å². The molecule has 0 heterocycles. The number of hydrogen-bond acceptors (Lipinski definition) is 3. The molecule has 3 aliphatic carbocycles. The van der Waals surface area contributed by atoms with Crippen molar-refractivity contribution in [2.75, 3.05) is 0 Å². The van der Waals surface area contributed by atoms with Crippen molar-refractivity contribution < 1.29 is 15.3 Å². The number of rotatable bonds is 9. The molecular weight excluding hydrogens is 488 g/mol. The summed E-state index contributed by atoms with van der Waals surface area (Å²) in [7, 11) is 0. The number of allylic oxidation sites excluding steroid dienone is 2. The van der Waals surface area contributed by atoms with Gasteiger partial charge in [-0.2, -0.15) is 0 Å². The first-order chi connectivity index (χ1) is 15.6. The van der Waals surface area contributed by atoms with Crippen LogP contribution in [0.15, 0.2) is 11.1 Å². The van der Waals surface area contributed by atoms with E-state index in [9.17, 15) is 15.3 Å². The average molecular weight is 542 g/mol. The van der Waals surface area contributed by atoms with Gasteiger partial charge in [-0.25, -0.2) is 0 Å². The lowest BCUT2D eigenvalue weighted by atomic mass is 9.47. The number of fused-ring (bicyclic) bond motifs is 2. The van der Waals surface area contributed by atoms with Crippen LogP contribution in [0.3, 0.4) is 0 Å². The monoisotopic (exact) mass is 540 g/mol. The molecule has 0 bridgehead atoms. The van der Waals surface area contributed by atoms with E-state index in [1.165, 1.54) is 38.5 Å². The highest BCUT2D eigenvalue weighted by molar-refractivity contribution is 9.09. The van der Waals surface area contributed by atoms with E-state index >= 15 is 0 Å². The third kappa shape index (κ3) is 4.84. The Morgan fingerprint density at radius 1 is 1.06 bits per heavy atom. The zero-order valence-corrected chi connectivity index (χ0v) is 24.8. The predicted molar refractivity (Wildman–Crippen MR) is 146 cm³/mol. The minimum absolute atomic E-state index is 0.113. The minimum atomic E-state index is -0.839. The molecule has 1 saturated carbocycles. The van der Waals surface area contributed by atoms with Gasteiger partial charge in [0, 0.05) is 4.83 Å². The number of aliphatic hydroxyl groups excluding tert-OH is 2. The first-order valence-corrected chi connectivity index (χ1v) is 15.0. The van der Waals surface area contributed by atoms with Gasteiger partial charge in [0.2, 0.25) is 0 Å². The maximum absolute atomic E-state index is 11.2. The molecule has 0 radical (unpaired) electrons. The molecule has 0 aliphatic heterocycles. The molecule has 0 spiro atoms. The largest absolute Gasteiger partial charge is 0.393 e. The fraction of sp³-hybridized carbons (Fsp3) is 0.933. The van der Waals surface area contributed by atoms with Crippen LogP contribution in [0.4, 0.5) is 0 Å². The summed E-state index contributed by atoms with van der Waals surface area (Å²) in [5.74, 6) is 1.37. The molecular formula is C30H53BrO3. The van der Waals surface area contributed by atoms with Crippen molar-refractivity contribution in [1.29, 1.82) is 0 Å². The van der Waals surface area contributed by atoms with Gasteiger partial charge in [0.15, 0.2) is 0 Å². The maximum atomic E-state index is 11.2. The van der Waals surface area contributed by atoms with E-state index in [1.807, 2.05) is 13.8 Å². The molecule has 0 aromatic heterocycles. The fourth-order valence-electron chi connectivity index (χ4n) is 8.21. The van der Waals surface area contributed by atoms with Crippen LogP contribution in [0.5, 0.6) is 0 Å². The molecule has 3 aliphatic rings. The van der Waals surface area contributed by atoms with Gasteiger partial charge in [0.25, 0.3) is 0 Å². The molecule has 3 nitrogen and oxygen atoms in total. The van der Waals surface area contributed by atoms with Crippen molar-refractivity contribution in [2.24, 2.45) is 34.0 Å². The summed E-state index contributed by atoms with van der Waals surface area (Å²) in [5.41, 5.74) is 3.24. The molecule has 4 unspecified atom stereocenters. The second kappa shape index (κ2) is 10.1. The normalized spacial score (nSPS) is 39.9. The molecule has 0 saturated heterocycles. The Balaban J connectivity index is 1.88. The molecule has 3 rings (SSSR count). The highest BCUT2D eigenvalue weighted by Gasteiger charge is 2.61. The van der Waals surface area contributed by atoms with Crippen molar-refractivity contribution in [2.45, 2.75) is 142 Å². The van der Waals surface area contributed by atoms with Crippen LogP contribution in [0.1, 0.15) is 120 Å². The van der Waals surface area contributed by atoms with Gasteiger partial charge in [-0.15, -0.1) is 0 Å². The van der Waals surface area contributed by atoms with Crippen molar-refractivity contribution in [3.8, 4) is 0 Å². The molecule has 0 amide bonds. The third-order valence-electron chi connectivity index (χ3n) is 11.5. The zero-order chi connectivity index (χ0) is 25.7. The summed E-state index contributed by atoms with van der Waals surface area (Å²) in [6.07, 6.45) is 10.1. The van der Waals surface area contributed by atoms with Crippen molar-refractivity contribution in [3.05, 3.63) is 11.1 Å². The Hall–Kier alpha value is 0.1000. The van der Waals surface area contributed by atoms with Gasteiger partial charge in [-0.1, -0.05) is 68.6 Å². The Kier molecular flexibility index (Phi) is 8.52. The van der Waals surface area contributed by atoms with E-state index in [4.69, 9.17) is 0 Å². The maximum Gasteiger partial charge on any atom is 0.0717 e. The zero-order valence-electron chi connectivity index (χ0n) is 23.3. The summed E-state index contributed by atoms with van der Waals surface area (Å²) in [6, 6.07) is 0. The van der Waals surface area contributed by atoms with Crippen LogP contribution < -0.4 is 0 Å². The van der Waals surface area contributed by atoms with E-state index in [0.29, 0.717) is 18.3 Å². The quantitative estimate of drug-likeness (QED) is 0.210. The van der Waals surface area contributed by atoms with Gasteiger partial charge in [0.1, 0.15) is 0 Å². The Bertz CT molecular complexity index is 757. The Morgan fingerprint density at radius 3 is 2.29 bits per heavy atom. The highest BCUT2D eigenvalue weighted by atomic mass is 79.9. The smallest absolute Gasteiger partial charge is 0.0717 e. The number of hydrogen-bond donors (Lipinski definition) is 3. The van der Waals surface area contributed by atoms with Crippen molar-refractivity contribution in [3.63, 3.8) is 0 Å². The Morgan fingerprint density at radius 2 is 1.71 bits per heavy atom. The van der Waals surface area contributed by atoms with E-state index in [1.54, 1.807) is 11.1 Å². The number of aliphatic hydroxyl groups is 3. The summed E-state index contributed by atoms with van der Waals surface area (Å²) < 4.78 is 0. The Labute approximate surface area is 218 Å². The fourth-order valence-corrected chi connectivity index (χ4v) is 8.59. The molecule has 9 atom stereocenters. The van der Waals surface area contributed by atoms with Crippen LogP contribution in [0.25, 0.3) is 0 Å². The van der Waals surface area contributed by atoms with E-state index in [0.717, 1.165) is 19.3 Å². The summed E-state index contributed by atoms with van der Waals surface area (Å²) in [6.45, 7) is 18.0. The summed E-state index contributed by atoms with van der Waals surface area (Å²) >= 11 is 3.63. The van der Waals surface area contributed by atoms with Gasteiger partial charge in [-0.05, 0) is 112 Å². The van der Waals surface area contributed by atoms with Gasteiger partial charge < -0.3 is 15.3 Å². The van der Waals surface area contributed by atoms with Crippen LogP contribution >= 0.6 is 15.9 Å². The second-order valence-electron chi connectivity index (χ2n) is 13.6. The summed E-state index contributed by atoms with van der Waals surface area (Å²) in [4.78, 5) is -0.113. The van der Waals surface area contributed by atoms with E-state index < -0.39 is 11.7 Å². The average Bonchev–Trinajstić information content (AvgIpc) is 3.04. The lowest BCUT2D eigenvalue weighted by Gasteiger charge is -2.57. The lowest BCUT2D eigenvalue weighted by molar-refractivity contribution is -0.0203. The van der Waals surface area contributed by atoms with E-state index in [-0.39, 0.29) is 33.1 Å². The molecule has 0 aromatic rings. The topological polar surface area (TPSA) is 60.7 Å². The van der Waals surface area contributed by atoms with Gasteiger partial charge in [0.05, 0.1) is 17.8 Å². The first-order valence-electron chi connectivity index (χ1n) is 14.1. The van der Waals surface area contributed by atoms with Gasteiger partial charge in [-0.3, -0.25) is 0 Å². The van der Waals surface area contributed by atoms with Crippen LogP contribution in [-0.2, 0) is 0 Å². The van der Waals surface area contributed by atoms with E-state index in [2.05, 4.69) is 57.5 Å². The minimum Gasteiger partial charge on any atom is -0.393 e. The predicted octanol–water partition coefficient (Wildman–Crippen LogP) is 7.41. The lowest BCUT2D eigenvalue weighted by Crippen LogP contribution is -2.49. The summed E-state index contributed by atoms with van der Waals surface area (Å²) in [5, 5.41) is 31.9. The van der Waals surface area contributed by atoms with Crippen LogP contribution in [-0.4, -0.2) is 38.0 Å². The molecule has 4 heteroatoms. The molecule has 198 valence electrons. The number of alkyl halides is 1. The van der Waals surface area contributed by atoms with Crippen molar-refractivity contribution >= 4 is 15.9 Å².